The SMILES string of the molecule is CCCCOC(=O)c1ccccc1C(=O)[O-].CCCCOC(=O)c1ccccc1C(=O)[O-].CCCCOC(=O)c1ccccc1C(=O)[O-].[Al+3]. The van der Waals surface area contributed by atoms with Crippen molar-refractivity contribution in [2.24, 2.45) is 0 Å². The predicted molar refractivity (Wildman–Crippen MR) is 174 cm³/mol. The van der Waals surface area contributed by atoms with Crippen LogP contribution in [0, 0.1) is 0 Å². The normalized spacial score (nSPS) is 9.61. The summed E-state index contributed by atoms with van der Waals surface area (Å²) in [4.78, 5) is 66.8. The van der Waals surface area contributed by atoms with Gasteiger partial charge in [0, 0.05) is 16.7 Å². The number of aromatic carboxylic acids is 3. The summed E-state index contributed by atoms with van der Waals surface area (Å²) in [6, 6.07) is 17.6. The van der Waals surface area contributed by atoms with Gasteiger partial charge in [-0.3, -0.25) is 0 Å². The van der Waals surface area contributed by atoms with Gasteiger partial charge in [0.25, 0.3) is 0 Å². The van der Waals surface area contributed by atoms with Crippen LogP contribution in [0.3, 0.4) is 0 Å². The van der Waals surface area contributed by atoms with Crippen LogP contribution in [0.1, 0.15) is 121 Å². The number of ether oxygens (including phenoxy) is 3. The first kappa shape index (κ1) is 44.0. The van der Waals surface area contributed by atoms with Crippen LogP contribution in [0.2, 0.25) is 0 Å². The summed E-state index contributed by atoms with van der Waals surface area (Å²) >= 11 is 0. The van der Waals surface area contributed by atoms with Gasteiger partial charge in [0.05, 0.1) is 54.4 Å². The fourth-order valence-corrected chi connectivity index (χ4v) is 3.68. The molecule has 258 valence electrons. The van der Waals surface area contributed by atoms with Crippen LogP contribution in [0.15, 0.2) is 72.8 Å². The van der Waals surface area contributed by atoms with Crippen LogP contribution < -0.4 is 15.3 Å². The first-order valence-corrected chi connectivity index (χ1v) is 15.4. The van der Waals surface area contributed by atoms with Crippen molar-refractivity contribution in [3.05, 3.63) is 106 Å². The Morgan fingerprint density at radius 2 is 0.633 bits per heavy atom. The first-order valence-electron chi connectivity index (χ1n) is 15.4. The zero-order valence-corrected chi connectivity index (χ0v) is 28.9. The van der Waals surface area contributed by atoms with Crippen LogP contribution in [0.25, 0.3) is 0 Å². The summed E-state index contributed by atoms with van der Waals surface area (Å²) in [7, 11) is 0. The molecule has 0 bridgehead atoms. The van der Waals surface area contributed by atoms with Crippen molar-refractivity contribution in [3.8, 4) is 0 Å². The molecule has 13 heteroatoms. The number of benzene rings is 3. The maximum absolute atomic E-state index is 11.5. The van der Waals surface area contributed by atoms with Crippen molar-refractivity contribution in [2.45, 2.75) is 59.3 Å². The summed E-state index contributed by atoms with van der Waals surface area (Å²) in [5, 5.41) is 32.2. The predicted octanol–water partition coefficient (Wildman–Crippen LogP) is 2.64. The van der Waals surface area contributed by atoms with Gasteiger partial charge < -0.3 is 43.9 Å². The second-order valence-electron chi connectivity index (χ2n) is 9.97. The smallest absolute Gasteiger partial charge is 0.545 e. The van der Waals surface area contributed by atoms with E-state index in [1.807, 2.05) is 20.8 Å². The van der Waals surface area contributed by atoms with Crippen molar-refractivity contribution >= 4 is 53.2 Å². The third kappa shape index (κ3) is 16.1. The molecule has 3 aromatic carbocycles. The molecule has 0 saturated carbocycles. The van der Waals surface area contributed by atoms with Gasteiger partial charge in [0.2, 0.25) is 0 Å². The standard InChI is InChI=1S/3C12H14O4.Al/c3*1-2-3-8-16-12(15)10-7-5-4-6-9(10)11(13)14;/h3*4-7H,2-3,8H2,1H3,(H,13,14);/q;;;+3/p-3. The van der Waals surface area contributed by atoms with Gasteiger partial charge in [-0.05, 0) is 37.5 Å². The Kier molecular flexibility index (Phi) is 22.5. The summed E-state index contributed by atoms with van der Waals surface area (Å²) in [5.41, 5.74) is -0.284. The van der Waals surface area contributed by atoms with Gasteiger partial charge in [-0.25, -0.2) is 14.4 Å². The number of carboxylic acids is 3. The summed E-state index contributed by atoms with van der Waals surface area (Å²) in [5.74, 6) is -5.97. The Morgan fingerprint density at radius 1 is 0.429 bits per heavy atom. The maximum Gasteiger partial charge on any atom is 3.00 e. The van der Waals surface area contributed by atoms with E-state index in [0.717, 1.165) is 38.5 Å². The minimum absolute atomic E-state index is 0. The monoisotopic (exact) mass is 690 g/mol. The third-order valence-corrected chi connectivity index (χ3v) is 6.29. The number of carbonyl (C=O) groups excluding carboxylic acids is 6. The van der Waals surface area contributed by atoms with E-state index >= 15 is 0 Å². The zero-order chi connectivity index (χ0) is 35.9. The van der Waals surface area contributed by atoms with Crippen LogP contribution in [-0.4, -0.2) is 73.0 Å². The molecule has 0 unspecified atom stereocenters. The maximum atomic E-state index is 11.5. The van der Waals surface area contributed by atoms with E-state index < -0.39 is 35.8 Å². The molecule has 0 aromatic heterocycles. The molecule has 0 aliphatic heterocycles. The van der Waals surface area contributed by atoms with Gasteiger partial charge in [0.15, 0.2) is 0 Å². The van der Waals surface area contributed by atoms with Crippen LogP contribution in [0.5, 0.6) is 0 Å². The molecule has 0 atom stereocenters. The Balaban J connectivity index is 0.000000698. The second kappa shape index (κ2) is 25.1. The fraction of sp³-hybridized carbons (Fsp3) is 0.333. The fourth-order valence-electron chi connectivity index (χ4n) is 3.68. The van der Waals surface area contributed by atoms with Gasteiger partial charge in [-0.2, -0.15) is 0 Å². The second-order valence-corrected chi connectivity index (χ2v) is 9.97. The van der Waals surface area contributed by atoms with E-state index in [-0.39, 0.29) is 50.7 Å². The number of hydrogen-bond donors (Lipinski definition) is 0. The third-order valence-electron chi connectivity index (χ3n) is 6.29. The van der Waals surface area contributed by atoms with E-state index in [1.54, 1.807) is 18.2 Å². The van der Waals surface area contributed by atoms with E-state index in [9.17, 15) is 44.1 Å². The number of esters is 3. The van der Waals surface area contributed by atoms with Gasteiger partial charge in [0.1, 0.15) is 0 Å². The van der Waals surface area contributed by atoms with Crippen molar-refractivity contribution in [1.29, 1.82) is 0 Å². The molecule has 3 aromatic rings. The summed E-state index contributed by atoms with van der Waals surface area (Å²) in [6.07, 6.45) is 5.03. The number of unbranched alkanes of at least 4 members (excludes halogenated alkanes) is 3. The molecule has 0 amide bonds. The minimum Gasteiger partial charge on any atom is -0.545 e. The average Bonchev–Trinajstić information content (AvgIpc) is 3.09. The molecule has 3 rings (SSSR count). The van der Waals surface area contributed by atoms with Crippen molar-refractivity contribution in [2.75, 3.05) is 19.8 Å². The molecule has 49 heavy (non-hydrogen) atoms. The Bertz CT molecular complexity index is 1340. The molecule has 0 N–H and O–H groups in total. The first-order chi connectivity index (χ1) is 23.0. The molecule has 0 spiro atoms. The Morgan fingerprint density at radius 3 is 0.816 bits per heavy atom. The molecule has 12 nitrogen and oxygen atoms in total. The number of carboxylic acid groups (broad SMARTS) is 3. The van der Waals surface area contributed by atoms with Crippen LogP contribution in [0.4, 0.5) is 0 Å². The zero-order valence-electron chi connectivity index (χ0n) is 27.8. The minimum atomic E-state index is -1.37. The molecular formula is C36H39AlO12. The quantitative estimate of drug-likeness (QED) is 0.0979. The number of rotatable bonds is 15. The topological polar surface area (TPSA) is 199 Å². The van der Waals surface area contributed by atoms with Crippen LogP contribution >= 0.6 is 0 Å². The molecule has 0 aliphatic rings. The molecule has 0 radical (unpaired) electrons. The van der Waals surface area contributed by atoms with Gasteiger partial charge in [-0.15, -0.1) is 0 Å². The largest absolute Gasteiger partial charge is 3.00 e. The average molecular weight is 691 g/mol. The van der Waals surface area contributed by atoms with E-state index in [4.69, 9.17) is 14.2 Å². The Labute approximate surface area is 296 Å². The van der Waals surface area contributed by atoms with E-state index in [2.05, 4.69) is 0 Å². The summed E-state index contributed by atoms with van der Waals surface area (Å²) in [6.45, 7) is 6.83. The van der Waals surface area contributed by atoms with Crippen molar-refractivity contribution < 1.29 is 58.3 Å². The van der Waals surface area contributed by atoms with Gasteiger partial charge in [-0.1, -0.05) is 94.6 Å². The molecule has 0 fully saturated rings. The van der Waals surface area contributed by atoms with Crippen LogP contribution in [-0.2, 0) is 14.2 Å². The van der Waals surface area contributed by atoms with Crippen molar-refractivity contribution in [1.82, 2.24) is 0 Å². The summed E-state index contributed by atoms with van der Waals surface area (Å²) < 4.78 is 14.8. The number of hydrogen-bond acceptors (Lipinski definition) is 12. The molecule has 0 aliphatic carbocycles. The van der Waals surface area contributed by atoms with Crippen molar-refractivity contribution in [3.63, 3.8) is 0 Å². The Hall–Kier alpha value is -4.99. The van der Waals surface area contributed by atoms with Gasteiger partial charge >= 0.3 is 35.3 Å². The number of carbonyl (C=O) groups is 6. The molecule has 0 saturated heterocycles. The molecule has 0 heterocycles. The van der Waals surface area contributed by atoms with E-state index in [0.29, 0.717) is 19.8 Å². The van der Waals surface area contributed by atoms with E-state index in [1.165, 1.54) is 54.6 Å². The molecular weight excluding hydrogens is 651 g/mol.